The summed E-state index contributed by atoms with van der Waals surface area (Å²) in [6.45, 7) is 3.96. The summed E-state index contributed by atoms with van der Waals surface area (Å²) in [6.07, 6.45) is 0. The van der Waals surface area contributed by atoms with E-state index in [-0.39, 0.29) is 5.56 Å². The molecule has 1 fully saturated rings. The van der Waals surface area contributed by atoms with Gasteiger partial charge in [0.15, 0.2) is 10.6 Å². The molecule has 8 heavy (non-hydrogen) atoms. The Bertz CT molecular complexity index is 105. The van der Waals surface area contributed by atoms with Crippen molar-refractivity contribution in [2.75, 3.05) is 0 Å². The Kier molecular flexibility index (Phi) is 1.46. The van der Waals surface area contributed by atoms with Gasteiger partial charge in [-0.3, -0.25) is 0 Å². The number of ether oxygens (including phenoxy) is 1. The van der Waals surface area contributed by atoms with Gasteiger partial charge < -0.3 is 4.74 Å². The van der Waals surface area contributed by atoms with Crippen LogP contribution in [-0.2, 0) is 4.74 Å². The van der Waals surface area contributed by atoms with Crippen molar-refractivity contribution < 1.29 is 4.74 Å². The average Bonchev–Trinajstić information content (AvgIpc) is 2.17. The van der Waals surface area contributed by atoms with Gasteiger partial charge in [-0.25, -0.2) is 0 Å². The van der Waals surface area contributed by atoms with E-state index in [1.807, 2.05) is 13.8 Å². The van der Waals surface area contributed by atoms with E-state index in [2.05, 4.69) is 0 Å². The number of hydrogen-bond donors (Lipinski definition) is 0. The molecule has 0 unspecified atom stereocenters. The second-order valence-electron chi connectivity index (χ2n) is 2.29. The largest absolute Gasteiger partial charge is 0.332 e. The van der Waals surface area contributed by atoms with E-state index >= 15 is 0 Å². The van der Waals surface area contributed by atoms with Crippen molar-refractivity contribution >= 4 is 23.2 Å². The first-order valence-electron chi connectivity index (χ1n) is 2.58. The minimum Gasteiger partial charge on any atom is -0.332 e. The molecule has 0 radical (unpaired) electrons. The Labute approximate surface area is 58.9 Å². The third kappa shape index (κ3) is 0.831. The maximum absolute atomic E-state index is 5.78. The zero-order valence-electron chi connectivity index (χ0n) is 4.82. The van der Waals surface area contributed by atoms with E-state index in [1.54, 1.807) is 0 Å². The second kappa shape index (κ2) is 1.76. The monoisotopic (exact) mass is 154 g/mol. The zero-order valence-corrected chi connectivity index (χ0v) is 6.33. The molecule has 0 bridgehead atoms. The summed E-state index contributed by atoms with van der Waals surface area (Å²) < 4.78 is 4.90. The normalized spacial score (nSPS) is 45.4. The lowest BCUT2D eigenvalue weighted by atomic mass is 10.1. The second-order valence-corrected chi connectivity index (χ2v) is 3.27. The minimum absolute atomic E-state index is 0.274. The number of halogens is 2. The van der Waals surface area contributed by atoms with Crippen molar-refractivity contribution in [1.82, 2.24) is 0 Å². The molecule has 48 valence electrons. The molecule has 0 aromatic heterocycles. The van der Waals surface area contributed by atoms with Crippen LogP contribution in [0, 0.1) is 5.92 Å². The Morgan fingerprint density at radius 1 is 1.62 bits per heavy atom. The van der Waals surface area contributed by atoms with E-state index in [0.717, 1.165) is 0 Å². The van der Waals surface area contributed by atoms with Crippen LogP contribution in [0.15, 0.2) is 0 Å². The first kappa shape index (κ1) is 6.66. The van der Waals surface area contributed by atoms with Gasteiger partial charge >= 0.3 is 0 Å². The third-order valence-electron chi connectivity index (χ3n) is 1.32. The fraction of sp³-hybridized carbons (Fsp3) is 1.00. The lowest BCUT2D eigenvalue weighted by Gasteiger charge is -2.04. The zero-order chi connectivity index (χ0) is 6.36. The van der Waals surface area contributed by atoms with Crippen molar-refractivity contribution in [1.29, 1.82) is 0 Å². The summed E-state index contributed by atoms with van der Waals surface area (Å²) in [5.74, 6) is 0.298. The Morgan fingerprint density at radius 2 is 2.00 bits per heavy atom. The van der Waals surface area contributed by atoms with Crippen LogP contribution in [0.3, 0.4) is 0 Å². The number of rotatable bonds is 1. The standard InChI is InChI=1S/C5H8Cl2O/c1-3(2)5(7)4(6)8-5/h3-4H,1-2H3/t4-,5+/m1/s1. The van der Waals surface area contributed by atoms with Gasteiger partial charge in [0.1, 0.15) is 0 Å². The van der Waals surface area contributed by atoms with Gasteiger partial charge in [0, 0.05) is 5.92 Å². The SMILES string of the molecule is CC(C)[C@]1(Cl)O[C@H]1Cl. The molecule has 0 amide bonds. The number of hydrogen-bond acceptors (Lipinski definition) is 1. The highest BCUT2D eigenvalue weighted by atomic mass is 35.5. The first-order valence-corrected chi connectivity index (χ1v) is 3.39. The van der Waals surface area contributed by atoms with Gasteiger partial charge in [-0.05, 0) is 0 Å². The molecule has 0 aromatic carbocycles. The van der Waals surface area contributed by atoms with Crippen molar-refractivity contribution in [3.05, 3.63) is 0 Å². The lowest BCUT2D eigenvalue weighted by Crippen LogP contribution is -2.11. The van der Waals surface area contributed by atoms with E-state index in [9.17, 15) is 0 Å². The molecule has 0 aromatic rings. The van der Waals surface area contributed by atoms with Gasteiger partial charge in [0.25, 0.3) is 0 Å². The molecule has 1 aliphatic rings. The van der Waals surface area contributed by atoms with Crippen LogP contribution in [0.25, 0.3) is 0 Å². The molecule has 2 atom stereocenters. The van der Waals surface area contributed by atoms with Crippen LogP contribution >= 0.6 is 23.2 Å². The minimum atomic E-state index is -0.554. The van der Waals surface area contributed by atoms with Crippen molar-refractivity contribution in [2.45, 2.75) is 24.5 Å². The smallest absolute Gasteiger partial charge is 0.186 e. The van der Waals surface area contributed by atoms with Crippen LogP contribution in [0.2, 0.25) is 0 Å². The summed E-state index contributed by atoms with van der Waals surface area (Å²) in [6, 6.07) is 0. The Balaban J connectivity index is 2.47. The van der Waals surface area contributed by atoms with Crippen molar-refractivity contribution in [3.8, 4) is 0 Å². The molecule has 1 nitrogen and oxygen atoms in total. The Hall–Kier alpha value is 0.540. The molecule has 3 heteroatoms. The van der Waals surface area contributed by atoms with E-state index in [4.69, 9.17) is 27.9 Å². The fourth-order valence-corrected chi connectivity index (χ4v) is 1.06. The molecule has 0 N–H and O–H groups in total. The van der Waals surface area contributed by atoms with Crippen molar-refractivity contribution in [3.63, 3.8) is 0 Å². The van der Waals surface area contributed by atoms with Gasteiger partial charge in [-0.15, -0.1) is 0 Å². The molecule has 1 saturated heterocycles. The molecular weight excluding hydrogens is 147 g/mol. The van der Waals surface area contributed by atoms with Crippen molar-refractivity contribution in [2.24, 2.45) is 5.92 Å². The van der Waals surface area contributed by atoms with Gasteiger partial charge in [-0.2, -0.15) is 0 Å². The summed E-state index contributed by atoms with van der Waals surface area (Å²) in [5.41, 5.74) is -0.274. The summed E-state index contributed by atoms with van der Waals surface area (Å²) in [4.78, 5) is 0. The quantitative estimate of drug-likeness (QED) is 0.417. The molecule has 1 rings (SSSR count). The predicted molar refractivity (Wildman–Crippen MR) is 34.1 cm³/mol. The van der Waals surface area contributed by atoms with Crippen LogP contribution in [-0.4, -0.2) is 10.6 Å². The molecule has 0 aliphatic carbocycles. The van der Waals surface area contributed by atoms with Gasteiger partial charge in [0.2, 0.25) is 0 Å². The van der Waals surface area contributed by atoms with Crippen LogP contribution in [0.5, 0.6) is 0 Å². The summed E-state index contributed by atoms with van der Waals surface area (Å²) >= 11 is 11.3. The van der Waals surface area contributed by atoms with Gasteiger partial charge in [-0.1, -0.05) is 37.0 Å². The predicted octanol–water partition coefficient (Wildman–Crippen LogP) is 2.17. The van der Waals surface area contributed by atoms with Gasteiger partial charge in [0.05, 0.1) is 0 Å². The highest BCUT2D eigenvalue weighted by Crippen LogP contribution is 2.48. The van der Waals surface area contributed by atoms with Crippen LogP contribution in [0.4, 0.5) is 0 Å². The number of epoxide rings is 1. The molecule has 0 saturated carbocycles. The Morgan fingerprint density at radius 3 is 2.00 bits per heavy atom. The fourth-order valence-electron chi connectivity index (χ4n) is 0.523. The molecule has 1 aliphatic heterocycles. The maximum atomic E-state index is 5.78. The number of alkyl halides is 2. The maximum Gasteiger partial charge on any atom is 0.186 e. The summed E-state index contributed by atoms with van der Waals surface area (Å²) in [5, 5.41) is -0.554. The van der Waals surface area contributed by atoms with Crippen LogP contribution in [0.1, 0.15) is 13.8 Å². The topological polar surface area (TPSA) is 12.5 Å². The summed E-state index contributed by atoms with van der Waals surface area (Å²) in [7, 11) is 0. The van der Waals surface area contributed by atoms with E-state index < -0.39 is 5.06 Å². The molecule has 1 heterocycles. The highest BCUT2D eigenvalue weighted by molar-refractivity contribution is 6.34. The average molecular weight is 155 g/mol. The molecular formula is C5H8Cl2O. The molecule has 0 spiro atoms. The third-order valence-corrected chi connectivity index (χ3v) is 2.57. The highest BCUT2D eigenvalue weighted by Gasteiger charge is 2.56. The van der Waals surface area contributed by atoms with E-state index in [0.29, 0.717) is 5.92 Å². The van der Waals surface area contributed by atoms with Crippen LogP contribution < -0.4 is 0 Å². The lowest BCUT2D eigenvalue weighted by molar-refractivity contribution is 0.318. The van der Waals surface area contributed by atoms with E-state index in [1.165, 1.54) is 0 Å². The first-order chi connectivity index (χ1) is 3.57.